The van der Waals surface area contributed by atoms with Crippen LogP contribution < -0.4 is 0 Å². The Bertz CT molecular complexity index is 1080. The Kier molecular flexibility index (Phi) is 4.01. The van der Waals surface area contributed by atoms with E-state index in [1.54, 1.807) is 6.26 Å². The smallest absolute Gasteiger partial charge is 0.423 e. The molecule has 0 aliphatic carbocycles. The van der Waals surface area contributed by atoms with Crippen molar-refractivity contribution in [3.63, 3.8) is 0 Å². The Hall–Kier alpha value is -2.70. The molecule has 4 rings (SSSR count). The van der Waals surface area contributed by atoms with Crippen LogP contribution in [0.25, 0.3) is 27.6 Å². The number of carboxylic acid groups (broad SMARTS) is 1. The van der Waals surface area contributed by atoms with Gasteiger partial charge in [0.2, 0.25) is 4.91 Å². The topological polar surface area (TPSA) is 57.6 Å². The maximum Gasteiger partial charge on any atom is 0.423 e. The number of rotatable bonds is 1. The van der Waals surface area contributed by atoms with E-state index in [0.717, 1.165) is 27.1 Å². The number of amides is 2. The van der Waals surface area contributed by atoms with Crippen LogP contribution in [0.5, 0.6) is 0 Å². The van der Waals surface area contributed by atoms with Crippen LogP contribution in [0.15, 0.2) is 59.5 Å². The van der Waals surface area contributed by atoms with E-state index in [0.29, 0.717) is 9.81 Å². The van der Waals surface area contributed by atoms with Gasteiger partial charge >= 0.3 is 16.3 Å². The standard InChI is InChI=1S/C20H13NO3S2/c1-26-17(18(22)21(19(23)24)20(26)25)11-16-14-8-4-2-6-12(14)10-13-7-3-5-9-15(13)16/h2-11H,1H3/p+1. The van der Waals surface area contributed by atoms with Crippen molar-refractivity contribution in [2.75, 3.05) is 6.26 Å². The maximum atomic E-state index is 12.6. The van der Waals surface area contributed by atoms with E-state index in [9.17, 15) is 14.7 Å². The molecule has 128 valence electrons. The summed E-state index contributed by atoms with van der Waals surface area (Å²) in [4.78, 5) is 25.1. The molecule has 1 fully saturated rings. The molecule has 3 aromatic carbocycles. The summed E-state index contributed by atoms with van der Waals surface area (Å²) in [6, 6.07) is 18.0. The van der Waals surface area contributed by atoms with Gasteiger partial charge in [-0.1, -0.05) is 48.5 Å². The van der Waals surface area contributed by atoms with E-state index in [1.165, 1.54) is 0 Å². The molecule has 1 aliphatic rings. The number of imide groups is 1. The molecular formula is C20H14NO3S2+. The van der Waals surface area contributed by atoms with Gasteiger partial charge in [-0.25, -0.2) is 4.79 Å². The van der Waals surface area contributed by atoms with Crippen molar-refractivity contribution in [2.24, 2.45) is 0 Å². The highest BCUT2D eigenvalue weighted by Gasteiger charge is 2.51. The Morgan fingerprint density at radius 1 is 1.08 bits per heavy atom. The van der Waals surface area contributed by atoms with Crippen molar-refractivity contribution in [1.82, 2.24) is 4.90 Å². The summed E-state index contributed by atoms with van der Waals surface area (Å²) in [6.45, 7) is 0. The number of hydrogen-bond acceptors (Lipinski definition) is 3. The molecule has 0 aromatic heterocycles. The zero-order valence-corrected chi connectivity index (χ0v) is 15.4. The van der Waals surface area contributed by atoms with Gasteiger partial charge in [-0.2, -0.15) is 4.90 Å². The second-order valence-electron chi connectivity index (χ2n) is 5.94. The average Bonchev–Trinajstić information content (AvgIpc) is 2.84. The minimum Gasteiger partial charge on any atom is -0.464 e. The van der Waals surface area contributed by atoms with Crippen LogP contribution in [0.2, 0.25) is 0 Å². The summed E-state index contributed by atoms with van der Waals surface area (Å²) >= 11 is 5.20. The van der Waals surface area contributed by atoms with Gasteiger partial charge in [0, 0.05) is 6.08 Å². The highest BCUT2D eigenvalue weighted by molar-refractivity contribution is 8.24. The molecule has 2 amide bonds. The number of nitrogens with zero attached hydrogens (tertiary/aromatic N) is 1. The zero-order valence-electron chi connectivity index (χ0n) is 13.8. The first kappa shape index (κ1) is 16.8. The van der Waals surface area contributed by atoms with Crippen molar-refractivity contribution in [3.05, 3.63) is 65.1 Å². The quantitative estimate of drug-likeness (QED) is 0.294. The minimum absolute atomic E-state index is 0.151. The van der Waals surface area contributed by atoms with Gasteiger partial charge in [-0.3, -0.25) is 4.79 Å². The third-order valence-corrected chi connectivity index (χ3v) is 7.06. The van der Waals surface area contributed by atoms with Gasteiger partial charge in [0.25, 0.3) is 0 Å². The van der Waals surface area contributed by atoms with Crippen LogP contribution >= 0.6 is 12.2 Å². The first-order valence-corrected chi connectivity index (χ1v) is 9.92. The van der Waals surface area contributed by atoms with Crippen LogP contribution in [-0.2, 0) is 15.7 Å². The molecule has 6 heteroatoms. The molecule has 1 saturated heterocycles. The lowest BCUT2D eigenvalue weighted by Gasteiger charge is -2.08. The number of fused-ring (bicyclic) bond motifs is 2. The lowest BCUT2D eigenvalue weighted by Crippen LogP contribution is -2.34. The second kappa shape index (κ2) is 6.23. The maximum absolute atomic E-state index is 12.6. The Morgan fingerprint density at radius 2 is 1.62 bits per heavy atom. The first-order valence-electron chi connectivity index (χ1n) is 7.88. The second-order valence-corrected chi connectivity index (χ2v) is 8.43. The Labute approximate surface area is 158 Å². The molecule has 3 aromatic rings. The molecular weight excluding hydrogens is 366 g/mol. The van der Waals surface area contributed by atoms with Crippen molar-refractivity contribution >= 4 is 67.1 Å². The largest absolute Gasteiger partial charge is 0.464 e. The molecule has 1 heterocycles. The Morgan fingerprint density at radius 3 is 2.12 bits per heavy atom. The third kappa shape index (κ3) is 2.50. The Balaban J connectivity index is 2.02. The molecule has 0 spiro atoms. The molecule has 26 heavy (non-hydrogen) atoms. The fraction of sp³-hybridized carbons (Fsp3) is 0.0500. The van der Waals surface area contributed by atoms with Crippen molar-refractivity contribution in [3.8, 4) is 0 Å². The summed E-state index contributed by atoms with van der Waals surface area (Å²) in [5, 5.41) is 13.5. The third-order valence-electron chi connectivity index (χ3n) is 4.47. The van der Waals surface area contributed by atoms with Gasteiger partial charge in [0.15, 0.2) is 0 Å². The van der Waals surface area contributed by atoms with Gasteiger partial charge < -0.3 is 5.11 Å². The fourth-order valence-corrected chi connectivity index (χ4v) is 4.91. The number of hydrogen-bond donors (Lipinski definition) is 1. The molecule has 0 bridgehead atoms. The molecule has 1 unspecified atom stereocenters. The minimum atomic E-state index is -1.33. The van der Waals surface area contributed by atoms with Crippen molar-refractivity contribution < 1.29 is 14.7 Å². The normalized spacial score (nSPS) is 19.0. The van der Waals surface area contributed by atoms with E-state index in [4.69, 9.17) is 12.2 Å². The van der Waals surface area contributed by atoms with Gasteiger partial charge in [0.05, 0.1) is 10.9 Å². The van der Waals surface area contributed by atoms with E-state index in [-0.39, 0.29) is 4.32 Å². The van der Waals surface area contributed by atoms with Crippen LogP contribution in [0.3, 0.4) is 0 Å². The van der Waals surface area contributed by atoms with E-state index in [2.05, 4.69) is 6.07 Å². The molecule has 4 nitrogen and oxygen atoms in total. The van der Waals surface area contributed by atoms with Crippen molar-refractivity contribution in [2.45, 2.75) is 0 Å². The van der Waals surface area contributed by atoms with Gasteiger partial charge in [-0.05, 0) is 45.4 Å². The summed E-state index contributed by atoms with van der Waals surface area (Å²) in [6.07, 6.45) is 2.28. The number of carbonyl (C=O) groups excluding carboxylic acids is 1. The predicted octanol–water partition coefficient (Wildman–Crippen LogP) is 4.39. The highest BCUT2D eigenvalue weighted by atomic mass is 32.2. The number of benzene rings is 3. The SMILES string of the molecule is C[S+]1C(=S)N(C(=O)O)C(=O)C1=Cc1c2ccccc2cc2ccccc12. The first-order chi connectivity index (χ1) is 12.5. The van der Waals surface area contributed by atoms with Crippen LogP contribution in [0, 0.1) is 0 Å². The molecule has 1 atom stereocenters. The number of carbonyl (C=O) groups is 2. The van der Waals surface area contributed by atoms with Crippen molar-refractivity contribution in [1.29, 1.82) is 0 Å². The highest BCUT2D eigenvalue weighted by Crippen LogP contribution is 2.33. The summed E-state index contributed by atoms with van der Waals surface area (Å²) in [5.74, 6) is -0.551. The van der Waals surface area contributed by atoms with E-state index < -0.39 is 22.9 Å². The molecule has 1 N–H and O–H groups in total. The monoisotopic (exact) mass is 380 g/mol. The number of thiocarbonyl (C=S) groups is 1. The lowest BCUT2D eigenvalue weighted by molar-refractivity contribution is -0.120. The van der Waals surface area contributed by atoms with E-state index >= 15 is 0 Å². The lowest BCUT2D eigenvalue weighted by atomic mass is 9.96. The molecule has 1 aliphatic heterocycles. The van der Waals surface area contributed by atoms with E-state index in [1.807, 2.05) is 54.6 Å². The predicted molar refractivity (Wildman–Crippen MR) is 110 cm³/mol. The summed E-state index contributed by atoms with van der Waals surface area (Å²) in [7, 11) is -0.734. The van der Waals surface area contributed by atoms with Gasteiger partial charge in [-0.15, -0.1) is 0 Å². The molecule has 0 saturated carbocycles. The van der Waals surface area contributed by atoms with Crippen LogP contribution in [-0.4, -0.2) is 32.6 Å². The van der Waals surface area contributed by atoms with Crippen LogP contribution in [0.4, 0.5) is 4.79 Å². The zero-order chi connectivity index (χ0) is 18.4. The van der Waals surface area contributed by atoms with Gasteiger partial charge in [0.1, 0.15) is 6.26 Å². The summed E-state index contributed by atoms with van der Waals surface area (Å²) in [5.41, 5.74) is 0.913. The summed E-state index contributed by atoms with van der Waals surface area (Å²) < 4.78 is 0.151. The fourth-order valence-electron chi connectivity index (χ4n) is 3.21. The van der Waals surface area contributed by atoms with Crippen LogP contribution in [0.1, 0.15) is 5.56 Å². The average molecular weight is 380 g/mol. The molecule has 0 radical (unpaired) electrons.